The number of hydrogen-bond donors (Lipinski definition) is 1. The molecule has 1 aromatic heterocycles. The number of fused-ring (bicyclic) bond motifs is 1. The van der Waals surface area contributed by atoms with Crippen LogP contribution < -0.4 is 5.32 Å². The molecule has 0 aliphatic heterocycles. The molecule has 1 N–H and O–H groups in total. The molecule has 3 rings (SSSR count). The average molecular weight is 309 g/mol. The summed E-state index contributed by atoms with van der Waals surface area (Å²) in [5.41, 5.74) is 2.12. The molecule has 2 aromatic carbocycles. The number of carbonyl (C=O) groups is 2. The first-order valence-electron chi connectivity index (χ1n) is 7.11. The molecule has 0 saturated heterocycles. The molecule has 5 nitrogen and oxygen atoms in total. The average Bonchev–Trinajstić information content (AvgIpc) is 3.00. The van der Waals surface area contributed by atoms with Crippen LogP contribution in [-0.2, 0) is 16.0 Å². The molecular weight excluding hydrogens is 294 g/mol. The molecule has 0 fully saturated rings. The topological polar surface area (TPSA) is 68.5 Å². The Balaban J connectivity index is 1.71. The summed E-state index contributed by atoms with van der Waals surface area (Å²) in [4.78, 5) is 23.4. The van der Waals surface area contributed by atoms with E-state index in [1.807, 2.05) is 24.3 Å². The van der Waals surface area contributed by atoms with Gasteiger partial charge in [-0.15, -0.1) is 0 Å². The molecule has 0 unspecified atom stereocenters. The summed E-state index contributed by atoms with van der Waals surface area (Å²) in [6.45, 7) is 0. The van der Waals surface area contributed by atoms with Gasteiger partial charge in [-0.3, -0.25) is 9.59 Å². The summed E-state index contributed by atoms with van der Waals surface area (Å²) in [5, 5.41) is 3.65. The third-order valence-electron chi connectivity index (χ3n) is 3.44. The standard InChI is InChI=1S/C18H15NO4/c1-22-17(20)10-12-6-8-14(9-7-12)19-18(21)16-11-13-4-2-3-5-15(13)23-16/h2-9,11H,10H2,1H3,(H,19,21). The number of esters is 1. The number of hydrogen-bond acceptors (Lipinski definition) is 4. The van der Waals surface area contributed by atoms with Crippen molar-refractivity contribution in [1.82, 2.24) is 0 Å². The van der Waals surface area contributed by atoms with Gasteiger partial charge < -0.3 is 14.5 Å². The quantitative estimate of drug-likeness (QED) is 0.750. The summed E-state index contributed by atoms with van der Waals surface area (Å²) in [6.07, 6.45) is 0.203. The minimum atomic E-state index is -0.318. The van der Waals surface area contributed by atoms with Crippen LogP contribution in [0.1, 0.15) is 16.1 Å². The Morgan fingerprint density at radius 3 is 2.52 bits per heavy atom. The van der Waals surface area contributed by atoms with Gasteiger partial charge >= 0.3 is 5.97 Å². The molecule has 5 heteroatoms. The van der Waals surface area contributed by atoms with Crippen LogP contribution in [0.15, 0.2) is 59.0 Å². The van der Waals surface area contributed by atoms with Crippen molar-refractivity contribution >= 4 is 28.5 Å². The van der Waals surface area contributed by atoms with Gasteiger partial charge in [0.05, 0.1) is 13.5 Å². The maximum absolute atomic E-state index is 12.2. The smallest absolute Gasteiger partial charge is 0.309 e. The Morgan fingerprint density at radius 2 is 1.83 bits per heavy atom. The van der Waals surface area contributed by atoms with Crippen LogP contribution in [0.25, 0.3) is 11.0 Å². The highest BCUT2D eigenvalue weighted by Gasteiger charge is 2.12. The maximum atomic E-state index is 12.2. The summed E-state index contributed by atoms with van der Waals surface area (Å²) >= 11 is 0. The molecule has 1 amide bonds. The third-order valence-corrected chi connectivity index (χ3v) is 3.44. The van der Waals surface area contributed by atoms with Gasteiger partial charge in [-0.2, -0.15) is 0 Å². The van der Waals surface area contributed by atoms with Crippen molar-refractivity contribution in [3.05, 3.63) is 65.9 Å². The molecule has 0 bridgehead atoms. The number of methoxy groups -OCH3 is 1. The van der Waals surface area contributed by atoms with Crippen LogP contribution in [-0.4, -0.2) is 19.0 Å². The fourth-order valence-corrected chi connectivity index (χ4v) is 2.23. The molecule has 0 aliphatic rings. The van der Waals surface area contributed by atoms with E-state index in [9.17, 15) is 9.59 Å². The third kappa shape index (κ3) is 3.40. The SMILES string of the molecule is COC(=O)Cc1ccc(NC(=O)c2cc3ccccc3o2)cc1. The minimum Gasteiger partial charge on any atom is -0.469 e. The van der Waals surface area contributed by atoms with E-state index in [4.69, 9.17) is 4.42 Å². The second kappa shape index (κ2) is 6.36. The van der Waals surface area contributed by atoms with Crippen LogP contribution >= 0.6 is 0 Å². The van der Waals surface area contributed by atoms with Crippen LogP contribution in [0.2, 0.25) is 0 Å². The summed E-state index contributed by atoms with van der Waals surface area (Å²) < 4.78 is 10.1. The zero-order chi connectivity index (χ0) is 16.2. The molecule has 0 aliphatic carbocycles. The Morgan fingerprint density at radius 1 is 1.09 bits per heavy atom. The number of para-hydroxylation sites is 1. The van der Waals surface area contributed by atoms with E-state index in [0.29, 0.717) is 11.3 Å². The Labute approximate surface area is 132 Å². The van der Waals surface area contributed by atoms with Gasteiger partial charge in [0.2, 0.25) is 0 Å². The van der Waals surface area contributed by atoms with Gasteiger partial charge in [-0.1, -0.05) is 30.3 Å². The molecule has 23 heavy (non-hydrogen) atoms. The fraction of sp³-hybridized carbons (Fsp3) is 0.111. The highest BCUT2D eigenvalue weighted by atomic mass is 16.5. The van der Waals surface area contributed by atoms with E-state index in [2.05, 4.69) is 10.1 Å². The molecule has 3 aromatic rings. The largest absolute Gasteiger partial charge is 0.469 e. The first-order valence-corrected chi connectivity index (χ1v) is 7.11. The number of rotatable bonds is 4. The van der Waals surface area contributed by atoms with E-state index in [-0.39, 0.29) is 24.1 Å². The highest BCUT2D eigenvalue weighted by Crippen LogP contribution is 2.20. The van der Waals surface area contributed by atoms with Crippen LogP contribution in [0.5, 0.6) is 0 Å². The van der Waals surface area contributed by atoms with Gasteiger partial charge in [0, 0.05) is 11.1 Å². The number of nitrogens with one attached hydrogen (secondary N) is 1. The Bertz CT molecular complexity index is 816. The summed E-state index contributed by atoms with van der Waals surface area (Å²) in [6, 6.07) is 16.2. The lowest BCUT2D eigenvalue weighted by Crippen LogP contribution is -2.11. The van der Waals surface area contributed by atoms with E-state index >= 15 is 0 Å². The monoisotopic (exact) mass is 309 g/mol. The van der Waals surface area contributed by atoms with E-state index in [0.717, 1.165) is 10.9 Å². The van der Waals surface area contributed by atoms with Crippen molar-refractivity contribution in [2.24, 2.45) is 0 Å². The van der Waals surface area contributed by atoms with Crippen LogP contribution in [0.4, 0.5) is 5.69 Å². The van der Waals surface area contributed by atoms with Crippen LogP contribution in [0.3, 0.4) is 0 Å². The first-order chi connectivity index (χ1) is 11.2. The van der Waals surface area contributed by atoms with Crippen molar-refractivity contribution in [3.8, 4) is 0 Å². The molecular formula is C18H15NO4. The lowest BCUT2D eigenvalue weighted by Gasteiger charge is -2.04. The first kappa shape index (κ1) is 14.8. The van der Waals surface area contributed by atoms with Crippen LogP contribution in [0, 0.1) is 0 Å². The number of furan rings is 1. The van der Waals surface area contributed by atoms with Crippen molar-refractivity contribution in [2.45, 2.75) is 6.42 Å². The Kier molecular flexibility index (Phi) is 4.10. The number of ether oxygens (including phenoxy) is 1. The maximum Gasteiger partial charge on any atom is 0.309 e. The Hall–Kier alpha value is -3.08. The molecule has 0 radical (unpaired) electrons. The number of benzene rings is 2. The van der Waals surface area contributed by atoms with Gasteiger partial charge in [-0.05, 0) is 29.8 Å². The molecule has 116 valence electrons. The highest BCUT2D eigenvalue weighted by molar-refractivity contribution is 6.04. The molecule has 0 saturated carbocycles. The van der Waals surface area contributed by atoms with E-state index in [1.54, 1.807) is 30.3 Å². The summed E-state index contributed by atoms with van der Waals surface area (Å²) in [7, 11) is 1.35. The predicted molar refractivity (Wildman–Crippen MR) is 86.3 cm³/mol. The van der Waals surface area contributed by atoms with Crippen molar-refractivity contribution < 1.29 is 18.7 Å². The van der Waals surface area contributed by atoms with Crippen molar-refractivity contribution in [1.29, 1.82) is 0 Å². The zero-order valence-electron chi connectivity index (χ0n) is 12.5. The minimum absolute atomic E-state index is 0.203. The second-order valence-electron chi connectivity index (χ2n) is 5.05. The molecule has 1 heterocycles. The normalized spacial score (nSPS) is 10.5. The van der Waals surface area contributed by atoms with E-state index < -0.39 is 0 Å². The van der Waals surface area contributed by atoms with Crippen molar-refractivity contribution in [2.75, 3.05) is 12.4 Å². The lowest BCUT2D eigenvalue weighted by molar-refractivity contribution is -0.139. The molecule has 0 spiro atoms. The van der Waals surface area contributed by atoms with Gasteiger partial charge in [0.15, 0.2) is 5.76 Å². The van der Waals surface area contributed by atoms with Crippen molar-refractivity contribution in [3.63, 3.8) is 0 Å². The number of carbonyl (C=O) groups excluding carboxylic acids is 2. The summed E-state index contributed by atoms with van der Waals surface area (Å²) in [5.74, 6) is -0.365. The van der Waals surface area contributed by atoms with Gasteiger partial charge in [-0.25, -0.2) is 0 Å². The predicted octanol–water partition coefficient (Wildman–Crippen LogP) is 3.40. The second-order valence-corrected chi connectivity index (χ2v) is 5.05. The lowest BCUT2D eigenvalue weighted by atomic mass is 10.1. The van der Waals surface area contributed by atoms with Gasteiger partial charge in [0.25, 0.3) is 5.91 Å². The number of anilines is 1. The van der Waals surface area contributed by atoms with Gasteiger partial charge in [0.1, 0.15) is 5.58 Å². The fourth-order valence-electron chi connectivity index (χ4n) is 2.23. The molecule has 0 atom stereocenters. The zero-order valence-corrected chi connectivity index (χ0v) is 12.5. The van der Waals surface area contributed by atoms with E-state index in [1.165, 1.54) is 7.11 Å². The number of amides is 1.